The van der Waals surface area contributed by atoms with Crippen molar-refractivity contribution >= 4 is 23.7 Å². The molecule has 4 aliphatic rings. The lowest BCUT2D eigenvalue weighted by Gasteiger charge is -2.61. The molecule has 4 saturated carbocycles. The zero-order valence-electron chi connectivity index (χ0n) is 22.0. The number of rotatable bonds is 6. The van der Waals surface area contributed by atoms with Crippen LogP contribution in [0.3, 0.4) is 0 Å². The van der Waals surface area contributed by atoms with Gasteiger partial charge >= 0.3 is 17.9 Å². The van der Waals surface area contributed by atoms with Crippen LogP contribution < -0.4 is 0 Å². The van der Waals surface area contributed by atoms with E-state index in [1.54, 1.807) is 0 Å². The quantitative estimate of drug-likeness (QED) is 0.304. The molecule has 4 aliphatic carbocycles. The Morgan fingerprint density at radius 2 is 1.54 bits per heavy atom. The average molecular weight is 491 g/mol. The summed E-state index contributed by atoms with van der Waals surface area (Å²) in [5, 5.41) is 0. The van der Waals surface area contributed by atoms with E-state index in [4.69, 9.17) is 14.2 Å². The highest BCUT2D eigenvalue weighted by Gasteiger charge is 2.63. The van der Waals surface area contributed by atoms with Crippen LogP contribution in [0.15, 0.2) is 0 Å². The zero-order chi connectivity index (χ0) is 25.5. The third-order valence-corrected chi connectivity index (χ3v) is 10.3. The molecule has 0 amide bonds. The smallest absolute Gasteiger partial charge is 0.303 e. The number of ether oxygens (including phenoxy) is 3. The molecule has 0 radical (unpaired) electrons. The molecule has 0 saturated heterocycles. The highest BCUT2D eigenvalue weighted by atomic mass is 16.6. The average Bonchev–Trinajstić information content (AvgIpc) is 3.08. The lowest BCUT2D eigenvalue weighted by atomic mass is 9.44. The van der Waals surface area contributed by atoms with Gasteiger partial charge in [-0.2, -0.15) is 0 Å². The van der Waals surface area contributed by atoms with E-state index in [1.807, 2.05) is 0 Å². The number of Topliss-reactive ketones (excluding diaryl/α,β-unsaturated/α-hetero) is 1. The molecule has 0 aromatic rings. The molecule has 0 unspecified atom stereocenters. The van der Waals surface area contributed by atoms with Crippen molar-refractivity contribution < 1.29 is 33.4 Å². The Labute approximate surface area is 209 Å². The zero-order valence-corrected chi connectivity index (χ0v) is 22.0. The molecule has 0 aromatic carbocycles. The van der Waals surface area contributed by atoms with Crippen molar-refractivity contribution in [1.82, 2.24) is 0 Å². The van der Waals surface area contributed by atoms with E-state index in [2.05, 4.69) is 13.8 Å². The molecule has 0 bridgehead atoms. The molecule has 0 spiro atoms. The minimum Gasteiger partial charge on any atom is -0.466 e. The molecule has 4 fully saturated rings. The van der Waals surface area contributed by atoms with E-state index in [-0.39, 0.29) is 34.5 Å². The van der Waals surface area contributed by atoms with Crippen molar-refractivity contribution in [2.75, 3.05) is 6.61 Å². The topological polar surface area (TPSA) is 96.0 Å². The maximum atomic E-state index is 13.6. The first-order chi connectivity index (χ1) is 16.5. The summed E-state index contributed by atoms with van der Waals surface area (Å²) in [5.41, 5.74) is -0.0450. The second kappa shape index (κ2) is 9.85. The van der Waals surface area contributed by atoms with Crippen LogP contribution in [0.5, 0.6) is 0 Å². The Bertz CT molecular complexity index is 867. The standard InChI is InChI=1S/C28H42O7/c1-16(29)33-12-6-7-19-8-9-21-20-13-24(32)23-14-25(34-17(2)30)26(35-18(3)31)15-28(23,5)22(20)10-11-27(19,21)4/h19-23,25-26H,6-15H2,1-5H3/t19-,20-,21-,22-,23+,25+,26-,27+,28+/m0/s1. The minimum atomic E-state index is -0.558. The molecule has 0 heterocycles. The predicted octanol–water partition coefficient (Wildman–Crippen LogP) is 4.64. The summed E-state index contributed by atoms with van der Waals surface area (Å²) in [5.74, 6) is 0.981. The molecule has 4 rings (SSSR count). The van der Waals surface area contributed by atoms with E-state index < -0.39 is 18.2 Å². The van der Waals surface area contributed by atoms with Crippen LogP contribution in [0.1, 0.15) is 92.4 Å². The third-order valence-electron chi connectivity index (χ3n) is 10.3. The Balaban J connectivity index is 1.52. The molecule has 9 atom stereocenters. The number of carbonyl (C=O) groups excluding carboxylic acids is 4. The molecule has 0 aliphatic heterocycles. The maximum absolute atomic E-state index is 13.6. The second-order valence-electron chi connectivity index (χ2n) is 12.1. The molecular weight excluding hydrogens is 448 g/mol. The number of hydrogen-bond donors (Lipinski definition) is 0. The van der Waals surface area contributed by atoms with Crippen molar-refractivity contribution in [3.05, 3.63) is 0 Å². The number of fused-ring (bicyclic) bond motifs is 5. The van der Waals surface area contributed by atoms with Gasteiger partial charge in [-0.15, -0.1) is 0 Å². The molecule has 35 heavy (non-hydrogen) atoms. The van der Waals surface area contributed by atoms with Gasteiger partial charge in [-0.1, -0.05) is 13.8 Å². The summed E-state index contributed by atoms with van der Waals surface area (Å²) in [4.78, 5) is 48.3. The predicted molar refractivity (Wildman–Crippen MR) is 128 cm³/mol. The highest BCUT2D eigenvalue weighted by Crippen LogP contribution is 2.67. The van der Waals surface area contributed by atoms with Crippen LogP contribution in [-0.2, 0) is 33.4 Å². The Morgan fingerprint density at radius 3 is 2.20 bits per heavy atom. The van der Waals surface area contributed by atoms with E-state index in [1.165, 1.54) is 27.2 Å². The van der Waals surface area contributed by atoms with Crippen LogP contribution in [0.25, 0.3) is 0 Å². The van der Waals surface area contributed by atoms with E-state index >= 15 is 0 Å². The fourth-order valence-electron chi connectivity index (χ4n) is 8.83. The van der Waals surface area contributed by atoms with Crippen molar-refractivity contribution in [2.24, 2.45) is 40.4 Å². The third kappa shape index (κ3) is 4.89. The van der Waals surface area contributed by atoms with Gasteiger partial charge in [0.15, 0.2) is 0 Å². The Kier molecular flexibility index (Phi) is 7.36. The van der Waals surface area contributed by atoms with Crippen LogP contribution in [0, 0.1) is 40.4 Å². The summed E-state index contributed by atoms with van der Waals surface area (Å²) in [6.45, 7) is 9.34. The fraction of sp³-hybridized carbons (Fsp3) is 0.857. The summed E-state index contributed by atoms with van der Waals surface area (Å²) in [6, 6.07) is 0. The number of hydrogen-bond acceptors (Lipinski definition) is 7. The van der Waals surface area contributed by atoms with Gasteiger partial charge in [0, 0.05) is 33.1 Å². The maximum Gasteiger partial charge on any atom is 0.303 e. The van der Waals surface area contributed by atoms with E-state index in [0.717, 1.165) is 32.1 Å². The SMILES string of the molecule is CC(=O)OCCC[C@H]1CC[C@H]2[C@@H]3CC(=O)[C@H]4C[C@@H](OC(C)=O)[C@@H](OC(C)=O)C[C@]4(C)[C@H]3CC[C@]12C. The second-order valence-corrected chi connectivity index (χ2v) is 12.1. The summed E-state index contributed by atoms with van der Waals surface area (Å²) < 4.78 is 16.4. The molecule has 196 valence electrons. The van der Waals surface area contributed by atoms with Crippen LogP contribution in [-0.4, -0.2) is 42.5 Å². The van der Waals surface area contributed by atoms with Crippen molar-refractivity contribution in [3.63, 3.8) is 0 Å². The first-order valence-corrected chi connectivity index (χ1v) is 13.5. The fourth-order valence-corrected chi connectivity index (χ4v) is 8.83. The van der Waals surface area contributed by atoms with Gasteiger partial charge in [-0.25, -0.2) is 0 Å². The minimum absolute atomic E-state index is 0.162. The summed E-state index contributed by atoms with van der Waals surface area (Å²) in [7, 11) is 0. The largest absolute Gasteiger partial charge is 0.466 e. The van der Waals surface area contributed by atoms with Gasteiger partial charge in [0.2, 0.25) is 0 Å². The van der Waals surface area contributed by atoms with Crippen molar-refractivity contribution in [2.45, 2.75) is 105 Å². The van der Waals surface area contributed by atoms with Gasteiger partial charge in [-0.05, 0) is 85.9 Å². The van der Waals surface area contributed by atoms with Gasteiger partial charge < -0.3 is 14.2 Å². The number of carbonyl (C=O) groups is 4. The van der Waals surface area contributed by atoms with Crippen LogP contribution in [0.4, 0.5) is 0 Å². The Morgan fingerprint density at radius 1 is 0.886 bits per heavy atom. The van der Waals surface area contributed by atoms with Gasteiger partial charge in [-0.3, -0.25) is 19.2 Å². The molecule has 0 aromatic heterocycles. The van der Waals surface area contributed by atoms with E-state index in [0.29, 0.717) is 49.5 Å². The monoisotopic (exact) mass is 490 g/mol. The molecular formula is C28H42O7. The van der Waals surface area contributed by atoms with Crippen molar-refractivity contribution in [3.8, 4) is 0 Å². The van der Waals surface area contributed by atoms with Gasteiger partial charge in [0.05, 0.1) is 6.61 Å². The Hall–Kier alpha value is -1.92. The normalized spacial score (nSPS) is 42.3. The lowest BCUT2D eigenvalue weighted by Crippen LogP contribution is -2.60. The van der Waals surface area contributed by atoms with E-state index in [9.17, 15) is 19.2 Å². The first-order valence-electron chi connectivity index (χ1n) is 13.5. The first kappa shape index (κ1) is 26.2. The highest BCUT2D eigenvalue weighted by molar-refractivity contribution is 5.83. The lowest BCUT2D eigenvalue weighted by molar-refractivity contribution is -0.195. The van der Waals surface area contributed by atoms with Crippen molar-refractivity contribution in [1.29, 1.82) is 0 Å². The molecule has 7 nitrogen and oxygen atoms in total. The van der Waals surface area contributed by atoms with Crippen LogP contribution in [0.2, 0.25) is 0 Å². The molecule has 7 heteroatoms. The van der Waals surface area contributed by atoms with Crippen LogP contribution >= 0.6 is 0 Å². The number of ketones is 1. The van der Waals surface area contributed by atoms with Gasteiger partial charge in [0.25, 0.3) is 0 Å². The number of esters is 3. The summed E-state index contributed by atoms with van der Waals surface area (Å²) in [6.07, 6.45) is 7.03. The van der Waals surface area contributed by atoms with Gasteiger partial charge in [0.1, 0.15) is 18.0 Å². The summed E-state index contributed by atoms with van der Waals surface area (Å²) >= 11 is 0. The molecule has 0 N–H and O–H groups in total.